The van der Waals surface area contributed by atoms with E-state index in [0.29, 0.717) is 42.6 Å². The van der Waals surface area contributed by atoms with Crippen molar-refractivity contribution in [3.8, 4) is 16.9 Å². The Morgan fingerprint density at radius 3 is 2.39 bits per heavy atom. The fraction of sp³-hybridized carbons (Fsp3) is 0.194. The summed E-state index contributed by atoms with van der Waals surface area (Å²) in [6, 6.07) is 26.9. The van der Waals surface area contributed by atoms with E-state index in [1.807, 2.05) is 72.8 Å². The Labute approximate surface area is 222 Å². The van der Waals surface area contributed by atoms with E-state index < -0.39 is 0 Å². The normalized spacial score (nSPS) is 12.4. The zero-order valence-electron chi connectivity index (χ0n) is 21.0. The van der Waals surface area contributed by atoms with E-state index in [4.69, 9.17) is 4.74 Å². The van der Waals surface area contributed by atoms with E-state index in [2.05, 4.69) is 33.1 Å². The number of ether oxygens (including phenoxy) is 1. The maximum atomic E-state index is 12.8. The van der Waals surface area contributed by atoms with Crippen LogP contribution in [0.4, 0.5) is 10.5 Å². The van der Waals surface area contributed by atoms with Gasteiger partial charge in [-0.05, 0) is 71.5 Å². The Morgan fingerprint density at radius 2 is 1.63 bits per heavy atom. The third kappa shape index (κ3) is 6.76. The van der Waals surface area contributed by atoms with Crippen molar-refractivity contribution < 1.29 is 14.3 Å². The molecule has 0 aliphatic heterocycles. The summed E-state index contributed by atoms with van der Waals surface area (Å²) in [7, 11) is 0. The summed E-state index contributed by atoms with van der Waals surface area (Å²) >= 11 is 0. The maximum Gasteiger partial charge on any atom is 0.319 e. The highest BCUT2D eigenvalue weighted by Gasteiger charge is 2.25. The van der Waals surface area contributed by atoms with E-state index in [0.717, 1.165) is 35.1 Å². The first-order valence-corrected chi connectivity index (χ1v) is 12.8. The molecule has 3 aromatic carbocycles. The van der Waals surface area contributed by atoms with Crippen LogP contribution in [0.3, 0.4) is 0 Å². The van der Waals surface area contributed by atoms with Gasteiger partial charge in [-0.1, -0.05) is 48.5 Å². The van der Waals surface area contributed by atoms with Gasteiger partial charge in [0.2, 0.25) is 0 Å². The van der Waals surface area contributed by atoms with E-state index in [1.54, 1.807) is 12.4 Å². The van der Waals surface area contributed by atoms with Gasteiger partial charge in [0.15, 0.2) is 0 Å². The van der Waals surface area contributed by atoms with Crippen LogP contribution in [0.25, 0.3) is 11.1 Å². The van der Waals surface area contributed by atoms with Crippen LogP contribution in [0, 0.1) is 0 Å². The van der Waals surface area contributed by atoms with Crippen LogP contribution in [0.2, 0.25) is 0 Å². The van der Waals surface area contributed by atoms with Crippen molar-refractivity contribution >= 4 is 17.6 Å². The Balaban J connectivity index is 1.16. The molecule has 5 rings (SSSR count). The van der Waals surface area contributed by atoms with Crippen molar-refractivity contribution in [2.75, 3.05) is 11.9 Å². The lowest BCUT2D eigenvalue weighted by atomic mass is 9.94. The molecule has 192 valence electrons. The minimum atomic E-state index is -0.287. The summed E-state index contributed by atoms with van der Waals surface area (Å²) in [5.74, 6) is 0.696. The highest BCUT2D eigenvalue weighted by Crippen LogP contribution is 2.29. The van der Waals surface area contributed by atoms with Crippen LogP contribution in [0.15, 0.2) is 97.3 Å². The van der Waals surface area contributed by atoms with Crippen molar-refractivity contribution in [2.45, 2.75) is 31.8 Å². The molecule has 38 heavy (non-hydrogen) atoms. The van der Waals surface area contributed by atoms with Gasteiger partial charge in [0, 0.05) is 42.7 Å². The molecule has 7 nitrogen and oxygen atoms in total. The van der Waals surface area contributed by atoms with Crippen molar-refractivity contribution in [3.05, 3.63) is 114 Å². The second-order valence-corrected chi connectivity index (χ2v) is 9.24. The number of amides is 3. The second-order valence-electron chi connectivity index (χ2n) is 9.24. The van der Waals surface area contributed by atoms with E-state index in [1.165, 1.54) is 0 Å². The maximum absolute atomic E-state index is 12.8. The molecule has 0 bridgehead atoms. The lowest BCUT2D eigenvalue weighted by Gasteiger charge is -2.14. The molecule has 0 saturated heterocycles. The van der Waals surface area contributed by atoms with Crippen LogP contribution in [-0.2, 0) is 13.0 Å². The molecular weight excluding hydrogens is 476 g/mol. The van der Waals surface area contributed by atoms with Crippen molar-refractivity contribution in [1.82, 2.24) is 15.6 Å². The molecule has 1 aliphatic rings. The van der Waals surface area contributed by atoms with Gasteiger partial charge in [0.05, 0.1) is 6.61 Å². The predicted octanol–water partition coefficient (Wildman–Crippen LogP) is 5.58. The van der Waals surface area contributed by atoms with E-state index in [9.17, 15) is 9.59 Å². The lowest BCUT2D eigenvalue weighted by Crippen LogP contribution is -2.28. The van der Waals surface area contributed by atoms with Crippen LogP contribution >= 0.6 is 0 Å². The number of anilines is 1. The molecule has 4 aromatic rings. The molecule has 1 aromatic heterocycles. The molecule has 3 amide bonds. The molecule has 0 atom stereocenters. The van der Waals surface area contributed by atoms with Crippen molar-refractivity contribution in [3.63, 3.8) is 0 Å². The Hall–Kier alpha value is -4.65. The predicted molar refractivity (Wildman–Crippen MR) is 148 cm³/mol. The molecule has 0 spiro atoms. The third-order valence-electron chi connectivity index (χ3n) is 6.32. The molecular formula is C31H30N4O3. The highest BCUT2D eigenvalue weighted by molar-refractivity contribution is 6.01. The molecule has 1 saturated carbocycles. The second kappa shape index (κ2) is 12.1. The number of aromatic nitrogens is 1. The molecule has 1 fully saturated rings. The quantitative estimate of drug-likeness (QED) is 0.262. The fourth-order valence-corrected chi connectivity index (χ4v) is 4.18. The first-order valence-electron chi connectivity index (χ1n) is 12.8. The first kappa shape index (κ1) is 25.0. The highest BCUT2D eigenvalue weighted by atomic mass is 16.5. The fourth-order valence-electron chi connectivity index (χ4n) is 4.18. The lowest BCUT2D eigenvalue weighted by molar-refractivity contribution is 0.0951. The number of hydrogen-bond donors (Lipinski definition) is 3. The summed E-state index contributed by atoms with van der Waals surface area (Å²) in [6.07, 6.45) is 6.21. The minimum absolute atomic E-state index is 0.0198. The number of urea groups is 1. The minimum Gasteiger partial charge on any atom is -0.493 e. The largest absolute Gasteiger partial charge is 0.493 e. The van der Waals surface area contributed by atoms with E-state index >= 15 is 0 Å². The van der Waals surface area contributed by atoms with Gasteiger partial charge in [0.25, 0.3) is 5.91 Å². The van der Waals surface area contributed by atoms with Gasteiger partial charge >= 0.3 is 6.03 Å². The SMILES string of the molecule is O=C(NCc1cccnc1)Nc1ccc(OCCc2ccccc2-c2ccccc2C(=O)NC2CC2)cc1. The van der Waals surface area contributed by atoms with Gasteiger partial charge in [-0.3, -0.25) is 9.78 Å². The van der Waals surface area contributed by atoms with Crippen LogP contribution in [0.5, 0.6) is 5.75 Å². The van der Waals surface area contributed by atoms with Crippen LogP contribution in [-0.4, -0.2) is 29.6 Å². The summed E-state index contributed by atoms with van der Waals surface area (Å²) in [5, 5.41) is 8.73. The molecule has 7 heteroatoms. The van der Waals surface area contributed by atoms with Gasteiger partial charge in [0.1, 0.15) is 5.75 Å². The molecule has 3 N–H and O–H groups in total. The smallest absolute Gasteiger partial charge is 0.319 e. The summed E-state index contributed by atoms with van der Waals surface area (Å²) in [5.41, 5.74) is 5.38. The number of rotatable bonds is 10. The van der Waals surface area contributed by atoms with Crippen molar-refractivity contribution in [2.24, 2.45) is 0 Å². The van der Waals surface area contributed by atoms with Gasteiger partial charge in [-0.2, -0.15) is 0 Å². The monoisotopic (exact) mass is 506 g/mol. The Bertz CT molecular complexity index is 1390. The van der Waals surface area contributed by atoms with Gasteiger partial charge < -0.3 is 20.7 Å². The van der Waals surface area contributed by atoms with E-state index in [-0.39, 0.29) is 11.9 Å². The molecule has 0 unspecified atom stereocenters. The summed E-state index contributed by atoms with van der Waals surface area (Å²) in [6.45, 7) is 0.879. The average Bonchev–Trinajstić information content (AvgIpc) is 3.78. The number of hydrogen-bond acceptors (Lipinski definition) is 4. The Morgan fingerprint density at radius 1 is 0.868 bits per heavy atom. The number of carbonyl (C=O) groups is 2. The Kier molecular flexibility index (Phi) is 7.94. The standard InChI is InChI=1S/C31H30N4O3/c36-30(34-24-11-12-24)29-10-4-3-9-28(29)27-8-2-1-7-23(27)17-19-38-26-15-13-25(14-16-26)35-31(37)33-21-22-6-5-18-32-20-22/h1-10,13-16,18,20,24H,11-12,17,19,21H2,(H,34,36)(H2,33,35,37). The summed E-state index contributed by atoms with van der Waals surface area (Å²) < 4.78 is 5.99. The first-order chi connectivity index (χ1) is 18.7. The van der Waals surface area contributed by atoms with Crippen LogP contribution < -0.4 is 20.7 Å². The number of benzene rings is 3. The molecule has 0 radical (unpaired) electrons. The third-order valence-corrected chi connectivity index (χ3v) is 6.32. The van der Waals surface area contributed by atoms with Crippen molar-refractivity contribution in [1.29, 1.82) is 0 Å². The topological polar surface area (TPSA) is 92.3 Å². The number of nitrogens with one attached hydrogen (secondary N) is 3. The van der Waals surface area contributed by atoms with Crippen LogP contribution in [0.1, 0.15) is 34.3 Å². The zero-order chi connectivity index (χ0) is 26.2. The van der Waals surface area contributed by atoms with Gasteiger partial charge in [-0.25, -0.2) is 4.79 Å². The molecule has 1 aliphatic carbocycles. The molecule has 1 heterocycles. The number of nitrogens with zero attached hydrogens (tertiary/aromatic N) is 1. The average molecular weight is 507 g/mol. The summed E-state index contributed by atoms with van der Waals surface area (Å²) in [4.78, 5) is 29.0. The zero-order valence-corrected chi connectivity index (χ0v) is 21.0. The number of carbonyl (C=O) groups excluding carboxylic acids is 2. The number of pyridine rings is 1. The van der Waals surface area contributed by atoms with Gasteiger partial charge in [-0.15, -0.1) is 0 Å².